The zero-order valence-electron chi connectivity index (χ0n) is 9.77. The van der Waals surface area contributed by atoms with Crippen LogP contribution in [0.1, 0.15) is 0 Å². The van der Waals surface area contributed by atoms with Crippen molar-refractivity contribution in [3.05, 3.63) is 24.0 Å². The summed E-state index contributed by atoms with van der Waals surface area (Å²) in [5.74, 6) is -1.60. The van der Waals surface area contributed by atoms with Gasteiger partial charge < -0.3 is 16.4 Å². The van der Waals surface area contributed by atoms with E-state index in [4.69, 9.17) is 5.73 Å². The van der Waals surface area contributed by atoms with Gasteiger partial charge in [0.25, 0.3) is 5.91 Å². The molecule has 1 aromatic carbocycles. The van der Waals surface area contributed by atoms with E-state index in [9.17, 15) is 18.8 Å². The third-order valence-electron chi connectivity index (χ3n) is 2.53. The fourth-order valence-electron chi connectivity index (χ4n) is 1.60. The van der Waals surface area contributed by atoms with Crippen LogP contribution >= 0.6 is 0 Å². The van der Waals surface area contributed by atoms with E-state index in [2.05, 4.69) is 10.6 Å². The number of halogens is 1. The van der Waals surface area contributed by atoms with Crippen LogP contribution < -0.4 is 16.4 Å². The minimum atomic E-state index is -0.618. The van der Waals surface area contributed by atoms with Crippen LogP contribution in [0.4, 0.5) is 20.6 Å². The van der Waals surface area contributed by atoms with Crippen LogP contribution in [0.25, 0.3) is 0 Å². The second-order valence-electron chi connectivity index (χ2n) is 3.92. The molecule has 1 saturated heterocycles. The van der Waals surface area contributed by atoms with Crippen molar-refractivity contribution < 1.29 is 18.8 Å². The van der Waals surface area contributed by atoms with E-state index in [0.717, 1.165) is 17.0 Å². The Labute approximate surface area is 107 Å². The van der Waals surface area contributed by atoms with Gasteiger partial charge in [-0.25, -0.2) is 9.18 Å². The Morgan fingerprint density at radius 2 is 2.21 bits per heavy atom. The van der Waals surface area contributed by atoms with E-state index in [-0.39, 0.29) is 17.9 Å². The molecule has 0 bridgehead atoms. The predicted molar refractivity (Wildman–Crippen MR) is 64.6 cm³/mol. The minimum Gasteiger partial charge on any atom is -0.397 e. The highest BCUT2D eigenvalue weighted by Gasteiger charge is 2.30. The number of hydrogen-bond donors (Lipinski definition) is 3. The van der Waals surface area contributed by atoms with E-state index >= 15 is 0 Å². The summed E-state index contributed by atoms with van der Waals surface area (Å²) in [7, 11) is 0. The van der Waals surface area contributed by atoms with E-state index in [0.29, 0.717) is 0 Å². The normalized spacial score (nSPS) is 14.5. The number of carbonyl (C=O) groups excluding carboxylic acids is 3. The summed E-state index contributed by atoms with van der Waals surface area (Å²) in [4.78, 5) is 34.9. The molecule has 2 rings (SSSR count). The number of urea groups is 1. The average Bonchev–Trinajstić information content (AvgIpc) is 2.65. The lowest BCUT2D eigenvalue weighted by molar-refractivity contribution is -0.128. The molecule has 0 aromatic heterocycles. The molecule has 8 heteroatoms. The number of nitrogens with zero attached hydrogens (tertiary/aromatic N) is 1. The number of anilines is 2. The lowest BCUT2D eigenvalue weighted by Crippen LogP contribution is -2.38. The molecule has 1 aliphatic rings. The van der Waals surface area contributed by atoms with Crippen molar-refractivity contribution >= 4 is 29.2 Å². The number of amides is 4. The third kappa shape index (κ3) is 2.79. The van der Waals surface area contributed by atoms with Crippen LogP contribution in [0.3, 0.4) is 0 Å². The molecular formula is C11H11FN4O3. The second kappa shape index (κ2) is 4.92. The number of nitrogens with one attached hydrogen (secondary N) is 2. The van der Waals surface area contributed by atoms with Gasteiger partial charge in [0.15, 0.2) is 0 Å². The molecule has 0 aliphatic carbocycles. The van der Waals surface area contributed by atoms with Gasteiger partial charge in [-0.1, -0.05) is 0 Å². The van der Waals surface area contributed by atoms with Gasteiger partial charge in [0.05, 0.1) is 17.9 Å². The number of hydrogen-bond acceptors (Lipinski definition) is 4. The summed E-state index contributed by atoms with van der Waals surface area (Å²) in [6.07, 6.45) is 0. The summed E-state index contributed by atoms with van der Waals surface area (Å²) < 4.78 is 12.8. The number of nitrogen functional groups attached to an aromatic ring is 1. The van der Waals surface area contributed by atoms with Gasteiger partial charge in [0.2, 0.25) is 5.91 Å². The van der Waals surface area contributed by atoms with Crippen molar-refractivity contribution in [3.8, 4) is 0 Å². The summed E-state index contributed by atoms with van der Waals surface area (Å²) in [5.41, 5.74) is 5.80. The summed E-state index contributed by atoms with van der Waals surface area (Å²) in [6.45, 7) is -0.535. The van der Waals surface area contributed by atoms with Gasteiger partial charge in [-0.3, -0.25) is 14.5 Å². The van der Waals surface area contributed by atoms with Crippen LogP contribution in [0.2, 0.25) is 0 Å². The molecule has 0 unspecified atom stereocenters. The van der Waals surface area contributed by atoms with Crippen molar-refractivity contribution in [3.63, 3.8) is 0 Å². The highest BCUT2D eigenvalue weighted by Crippen LogP contribution is 2.18. The van der Waals surface area contributed by atoms with Crippen molar-refractivity contribution in [2.75, 3.05) is 24.1 Å². The molecule has 0 spiro atoms. The Morgan fingerprint density at radius 1 is 1.47 bits per heavy atom. The van der Waals surface area contributed by atoms with Gasteiger partial charge in [0, 0.05) is 0 Å². The topological polar surface area (TPSA) is 105 Å². The van der Waals surface area contributed by atoms with Crippen LogP contribution in [0.15, 0.2) is 18.2 Å². The first-order chi connectivity index (χ1) is 8.97. The zero-order valence-corrected chi connectivity index (χ0v) is 9.77. The van der Waals surface area contributed by atoms with Gasteiger partial charge >= 0.3 is 6.03 Å². The molecule has 1 aliphatic heterocycles. The standard InChI is InChI=1S/C11H11FN4O3/c12-6-1-2-8(7(13)3-6)15-9(17)5-16-10(18)4-14-11(16)19/h1-3H,4-5,13H2,(H,14,19)(H,15,17). The van der Waals surface area contributed by atoms with E-state index < -0.39 is 30.2 Å². The van der Waals surface area contributed by atoms with Crippen LogP contribution in [0.5, 0.6) is 0 Å². The SMILES string of the molecule is Nc1cc(F)ccc1NC(=O)CN1C(=O)CNC1=O. The Kier molecular flexibility index (Phi) is 3.32. The molecule has 7 nitrogen and oxygen atoms in total. The number of rotatable bonds is 3. The number of carbonyl (C=O) groups is 3. The summed E-state index contributed by atoms with van der Waals surface area (Å²) in [6, 6.07) is 2.88. The Balaban J connectivity index is 2.01. The van der Waals surface area contributed by atoms with Gasteiger partial charge in [-0.2, -0.15) is 0 Å². The first kappa shape index (κ1) is 12.8. The molecular weight excluding hydrogens is 255 g/mol. The van der Waals surface area contributed by atoms with Crippen LogP contribution in [-0.4, -0.2) is 35.8 Å². The van der Waals surface area contributed by atoms with E-state index in [1.165, 1.54) is 6.07 Å². The maximum absolute atomic E-state index is 12.8. The van der Waals surface area contributed by atoms with Gasteiger partial charge in [-0.15, -0.1) is 0 Å². The molecule has 4 N–H and O–H groups in total. The van der Waals surface area contributed by atoms with E-state index in [1.54, 1.807) is 0 Å². The summed E-state index contributed by atoms with van der Waals surface area (Å²) >= 11 is 0. The maximum Gasteiger partial charge on any atom is 0.325 e. The molecule has 0 radical (unpaired) electrons. The van der Waals surface area contributed by atoms with Crippen LogP contribution in [0, 0.1) is 5.82 Å². The first-order valence-electron chi connectivity index (χ1n) is 5.40. The lowest BCUT2D eigenvalue weighted by Gasteiger charge is -2.13. The van der Waals surface area contributed by atoms with Crippen molar-refractivity contribution in [2.24, 2.45) is 0 Å². The smallest absolute Gasteiger partial charge is 0.325 e. The zero-order chi connectivity index (χ0) is 14.0. The van der Waals surface area contributed by atoms with Gasteiger partial charge in [-0.05, 0) is 18.2 Å². The molecule has 0 saturated carbocycles. The minimum absolute atomic E-state index is 0.0607. The Bertz CT molecular complexity index is 545. The van der Waals surface area contributed by atoms with Gasteiger partial charge in [0.1, 0.15) is 12.4 Å². The molecule has 1 aromatic rings. The molecule has 1 fully saturated rings. The Morgan fingerprint density at radius 3 is 2.79 bits per heavy atom. The highest BCUT2D eigenvalue weighted by atomic mass is 19.1. The fourth-order valence-corrected chi connectivity index (χ4v) is 1.60. The largest absolute Gasteiger partial charge is 0.397 e. The predicted octanol–water partition coefficient (Wildman–Crippen LogP) is -0.102. The van der Waals surface area contributed by atoms with Crippen molar-refractivity contribution in [1.29, 1.82) is 0 Å². The molecule has 1 heterocycles. The number of benzene rings is 1. The fraction of sp³-hybridized carbons (Fsp3) is 0.182. The Hall–Kier alpha value is -2.64. The van der Waals surface area contributed by atoms with E-state index in [1.807, 2.05) is 0 Å². The highest BCUT2D eigenvalue weighted by molar-refractivity contribution is 6.06. The monoisotopic (exact) mass is 266 g/mol. The molecule has 100 valence electrons. The number of nitrogens with two attached hydrogens (primary N) is 1. The van der Waals surface area contributed by atoms with Crippen molar-refractivity contribution in [1.82, 2.24) is 10.2 Å². The second-order valence-corrected chi connectivity index (χ2v) is 3.92. The quantitative estimate of drug-likeness (QED) is 0.524. The summed E-state index contributed by atoms with van der Waals surface area (Å²) in [5, 5.41) is 4.69. The maximum atomic E-state index is 12.8. The molecule has 4 amide bonds. The number of imide groups is 1. The lowest BCUT2D eigenvalue weighted by atomic mass is 10.2. The molecule has 19 heavy (non-hydrogen) atoms. The first-order valence-corrected chi connectivity index (χ1v) is 5.40. The van der Waals surface area contributed by atoms with Crippen molar-refractivity contribution in [2.45, 2.75) is 0 Å². The average molecular weight is 266 g/mol. The third-order valence-corrected chi connectivity index (χ3v) is 2.53. The van der Waals surface area contributed by atoms with Crippen LogP contribution in [-0.2, 0) is 9.59 Å². The molecule has 0 atom stereocenters.